The normalized spacial score (nSPS) is 17.2. The minimum Gasteiger partial charge on any atom is -0.496 e. The minimum absolute atomic E-state index is 0.0943. The lowest BCUT2D eigenvalue weighted by atomic mass is 10.1. The van der Waals surface area contributed by atoms with Crippen LogP contribution < -0.4 is 4.31 Å². The van der Waals surface area contributed by atoms with E-state index in [1.165, 1.54) is 15.6 Å². The van der Waals surface area contributed by atoms with Gasteiger partial charge in [0, 0.05) is 18.0 Å². The number of thiazole rings is 1. The predicted molar refractivity (Wildman–Crippen MR) is 101 cm³/mol. The number of ether oxygens (including phenoxy) is 1. The summed E-state index contributed by atoms with van der Waals surface area (Å²) in [5.41, 5.74) is 0. The lowest BCUT2D eigenvalue weighted by Gasteiger charge is -2.23. The summed E-state index contributed by atoms with van der Waals surface area (Å²) in [6.07, 6.45) is 7.76. The Morgan fingerprint density at radius 1 is 1.32 bits per heavy atom. The number of nitrogens with zero attached hydrogens (tertiary/aromatic N) is 2. The van der Waals surface area contributed by atoms with E-state index in [1.807, 2.05) is 18.2 Å². The van der Waals surface area contributed by atoms with Crippen molar-refractivity contribution >= 4 is 38.1 Å². The number of hydrogen-bond donors (Lipinski definition) is 0. The molecule has 3 rings (SSSR count). The van der Waals surface area contributed by atoms with Crippen molar-refractivity contribution in [1.82, 2.24) is 4.98 Å². The molecule has 1 aromatic carbocycles. The average Bonchev–Trinajstić information content (AvgIpc) is 3.13. The molecular weight excluding hydrogens is 380 g/mol. The highest BCUT2D eigenvalue weighted by molar-refractivity contribution is 7.93. The molecule has 0 saturated heterocycles. The zero-order valence-corrected chi connectivity index (χ0v) is 15.7. The Balaban J connectivity index is 1.75. The van der Waals surface area contributed by atoms with Crippen LogP contribution in [0.3, 0.4) is 0 Å². The first kappa shape index (κ1) is 18.0. The molecular formula is C17H17ClN2O3S2. The summed E-state index contributed by atoms with van der Waals surface area (Å²) < 4.78 is 32.9. The largest absolute Gasteiger partial charge is 0.496 e. The van der Waals surface area contributed by atoms with Gasteiger partial charge in [0.15, 0.2) is 5.13 Å². The zero-order chi connectivity index (χ0) is 17.7. The number of sulfonamides is 1. The lowest BCUT2D eigenvalue weighted by Crippen LogP contribution is -2.34. The SMILES string of the molecule is O=S(=O)(c1ccccc1)N(CCOC1=CC=CC(Cl)C1)c1nccs1. The monoisotopic (exact) mass is 396 g/mol. The van der Waals surface area contributed by atoms with E-state index in [0.29, 0.717) is 11.6 Å². The van der Waals surface area contributed by atoms with Crippen molar-refractivity contribution in [1.29, 1.82) is 0 Å². The molecule has 0 N–H and O–H groups in total. The van der Waals surface area contributed by atoms with Crippen LogP contribution in [0.25, 0.3) is 0 Å². The summed E-state index contributed by atoms with van der Waals surface area (Å²) in [5.74, 6) is 0.749. The topological polar surface area (TPSA) is 59.5 Å². The smallest absolute Gasteiger partial charge is 0.266 e. The summed E-state index contributed by atoms with van der Waals surface area (Å²) in [6.45, 7) is 0.383. The molecule has 8 heteroatoms. The van der Waals surface area contributed by atoms with E-state index in [9.17, 15) is 8.42 Å². The number of benzene rings is 1. The van der Waals surface area contributed by atoms with Crippen molar-refractivity contribution in [3.05, 3.63) is 65.9 Å². The highest BCUT2D eigenvalue weighted by atomic mass is 35.5. The van der Waals surface area contributed by atoms with Gasteiger partial charge in [0.05, 0.1) is 22.6 Å². The van der Waals surface area contributed by atoms with Crippen LogP contribution in [-0.4, -0.2) is 31.9 Å². The molecule has 0 saturated carbocycles. The molecule has 25 heavy (non-hydrogen) atoms. The third-order valence-corrected chi connectivity index (χ3v) is 6.56. The van der Waals surface area contributed by atoms with E-state index < -0.39 is 10.0 Å². The zero-order valence-electron chi connectivity index (χ0n) is 13.3. The third-order valence-electron chi connectivity index (χ3n) is 3.54. The van der Waals surface area contributed by atoms with Gasteiger partial charge in [-0.1, -0.05) is 30.4 Å². The minimum atomic E-state index is -3.70. The Bertz CT molecular complexity index is 849. The molecule has 1 atom stereocenters. The van der Waals surface area contributed by atoms with Crippen LogP contribution in [0.5, 0.6) is 0 Å². The van der Waals surface area contributed by atoms with Gasteiger partial charge < -0.3 is 4.74 Å². The Kier molecular flexibility index (Phi) is 5.78. The molecule has 0 amide bonds. The van der Waals surface area contributed by atoms with Gasteiger partial charge in [-0.2, -0.15) is 0 Å². The lowest BCUT2D eigenvalue weighted by molar-refractivity contribution is 0.211. The Labute approximate surface area is 156 Å². The van der Waals surface area contributed by atoms with Gasteiger partial charge in [0.1, 0.15) is 6.61 Å². The van der Waals surface area contributed by atoms with Gasteiger partial charge in [-0.25, -0.2) is 17.7 Å². The van der Waals surface area contributed by atoms with Gasteiger partial charge >= 0.3 is 0 Å². The highest BCUT2D eigenvalue weighted by Crippen LogP contribution is 2.25. The summed E-state index contributed by atoms with van der Waals surface area (Å²) in [7, 11) is -3.70. The summed E-state index contributed by atoms with van der Waals surface area (Å²) in [5, 5.41) is 2.07. The van der Waals surface area contributed by atoms with Crippen LogP contribution in [0, 0.1) is 0 Å². The number of halogens is 1. The van der Waals surface area contributed by atoms with Crippen LogP contribution in [-0.2, 0) is 14.8 Å². The maximum Gasteiger partial charge on any atom is 0.266 e. The first-order chi connectivity index (χ1) is 12.1. The van der Waals surface area contributed by atoms with Crippen molar-refractivity contribution in [3.63, 3.8) is 0 Å². The number of alkyl halides is 1. The van der Waals surface area contributed by atoms with Gasteiger partial charge in [-0.3, -0.25) is 0 Å². The quantitative estimate of drug-likeness (QED) is 0.668. The maximum atomic E-state index is 13.0. The number of hydrogen-bond acceptors (Lipinski definition) is 5. The third kappa shape index (κ3) is 4.42. The predicted octanol–water partition coefficient (Wildman–Crippen LogP) is 3.81. The van der Waals surface area contributed by atoms with Crippen molar-refractivity contribution in [2.75, 3.05) is 17.5 Å². The highest BCUT2D eigenvalue weighted by Gasteiger charge is 2.26. The standard InChI is InChI=1S/C17H17ClN2O3S2/c18-14-5-4-6-15(13-14)23-11-10-20(17-19-9-12-24-17)25(21,22)16-7-2-1-3-8-16/h1-9,12,14H,10-11,13H2. The number of allylic oxidation sites excluding steroid dienone is 4. The number of aromatic nitrogens is 1. The van der Waals surface area contributed by atoms with Gasteiger partial charge in [0.25, 0.3) is 10.0 Å². The molecule has 1 aliphatic carbocycles. The summed E-state index contributed by atoms with van der Waals surface area (Å²) in [6, 6.07) is 8.32. The second-order valence-electron chi connectivity index (χ2n) is 5.29. The molecule has 1 aliphatic rings. The molecule has 2 aromatic rings. The molecule has 5 nitrogen and oxygen atoms in total. The Hall–Kier alpha value is -1.83. The van der Waals surface area contributed by atoms with Crippen molar-refractivity contribution in [3.8, 4) is 0 Å². The average molecular weight is 397 g/mol. The second-order valence-corrected chi connectivity index (χ2v) is 8.59. The van der Waals surface area contributed by atoms with Gasteiger partial charge in [0.2, 0.25) is 0 Å². The van der Waals surface area contributed by atoms with E-state index in [2.05, 4.69) is 4.98 Å². The van der Waals surface area contributed by atoms with Crippen LogP contribution >= 0.6 is 22.9 Å². The summed E-state index contributed by atoms with van der Waals surface area (Å²) in [4.78, 5) is 4.38. The van der Waals surface area contributed by atoms with Crippen LogP contribution in [0.2, 0.25) is 0 Å². The van der Waals surface area contributed by atoms with Gasteiger partial charge in [-0.05, 0) is 18.2 Å². The first-order valence-corrected chi connectivity index (χ1v) is 10.4. The molecule has 132 valence electrons. The van der Waals surface area contributed by atoms with Crippen LogP contribution in [0.1, 0.15) is 6.42 Å². The fourth-order valence-electron chi connectivity index (χ4n) is 2.36. The first-order valence-electron chi connectivity index (χ1n) is 7.69. The molecule has 0 bridgehead atoms. The number of anilines is 1. The van der Waals surface area contributed by atoms with E-state index in [1.54, 1.807) is 41.9 Å². The molecule has 0 aliphatic heterocycles. The van der Waals surface area contributed by atoms with Crippen molar-refractivity contribution in [2.24, 2.45) is 0 Å². The van der Waals surface area contributed by atoms with Crippen LogP contribution in [0.4, 0.5) is 5.13 Å². The Morgan fingerprint density at radius 3 is 2.80 bits per heavy atom. The maximum absolute atomic E-state index is 13.0. The molecule has 1 unspecified atom stereocenters. The van der Waals surface area contributed by atoms with E-state index in [4.69, 9.17) is 16.3 Å². The molecule has 1 aromatic heterocycles. The van der Waals surface area contributed by atoms with Crippen LogP contribution in [0.15, 0.2) is 70.8 Å². The molecule has 0 radical (unpaired) electrons. The van der Waals surface area contributed by atoms with E-state index in [-0.39, 0.29) is 23.4 Å². The van der Waals surface area contributed by atoms with Crippen molar-refractivity contribution < 1.29 is 13.2 Å². The molecule has 0 spiro atoms. The number of rotatable bonds is 7. The Morgan fingerprint density at radius 2 is 2.12 bits per heavy atom. The van der Waals surface area contributed by atoms with Gasteiger partial charge in [-0.15, -0.1) is 22.9 Å². The summed E-state index contributed by atoms with van der Waals surface area (Å²) >= 11 is 7.34. The molecule has 1 heterocycles. The fourth-order valence-corrected chi connectivity index (χ4v) is 4.91. The van der Waals surface area contributed by atoms with Crippen molar-refractivity contribution in [2.45, 2.75) is 16.7 Å². The van der Waals surface area contributed by atoms with E-state index >= 15 is 0 Å². The fraction of sp³-hybridized carbons (Fsp3) is 0.235. The molecule has 0 fully saturated rings. The second kappa shape index (κ2) is 8.03. The van der Waals surface area contributed by atoms with E-state index in [0.717, 1.165) is 5.76 Å².